The minimum absolute atomic E-state index is 0.00231. The van der Waals surface area contributed by atoms with Crippen LogP contribution in [0, 0.1) is 12.7 Å². The second-order valence-electron chi connectivity index (χ2n) is 6.29. The van der Waals surface area contributed by atoms with Gasteiger partial charge in [0.25, 0.3) is 5.91 Å². The zero-order valence-corrected chi connectivity index (χ0v) is 15.7. The summed E-state index contributed by atoms with van der Waals surface area (Å²) >= 11 is 0. The molecule has 3 N–H and O–H groups in total. The number of hydrogen-bond donors (Lipinski definition) is 2. The fourth-order valence-corrected chi connectivity index (χ4v) is 2.66. The zero-order chi connectivity index (χ0) is 21.1. The van der Waals surface area contributed by atoms with E-state index in [4.69, 9.17) is 5.73 Å². The van der Waals surface area contributed by atoms with Crippen molar-refractivity contribution in [2.75, 3.05) is 5.73 Å². The molecule has 0 radical (unpaired) electrons. The molecule has 0 saturated carbocycles. The Morgan fingerprint density at radius 2 is 1.90 bits per heavy atom. The Balaban J connectivity index is 1.68. The molecule has 150 valence electrons. The maximum absolute atomic E-state index is 13.0. The summed E-state index contributed by atoms with van der Waals surface area (Å²) in [6.45, 7) is 1.94. The lowest BCUT2D eigenvalue weighted by Crippen LogP contribution is -2.19. The molecular formula is C19H15FN8O2. The van der Waals surface area contributed by atoms with E-state index in [-0.39, 0.29) is 23.1 Å². The summed E-state index contributed by atoms with van der Waals surface area (Å²) in [7, 11) is 0. The molecule has 0 bridgehead atoms. The SMILES string of the molecule is Cc1ccc(-c2c(C(=O)NN=Cc3ccc(F)cc3)nnn2-c2nonc2N)cc1. The molecule has 10 nitrogen and oxygen atoms in total. The third kappa shape index (κ3) is 3.76. The Labute approximate surface area is 169 Å². The van der Waals surface area contributed by atoms with Gasteiger partial charge in [-0.2, -0.15) is 9.78 Å². The van der Waals surface area contributed by atoms with E-state index in [9.17, 15) is 9.18 Å². The van der Waals surface area contributed by atoms with E-state index < -0.39 is 5.91 Å². The molecule has 0 fully saturated rings. The highest BCUT2D eigenvalue weighted by atomic mass is 19.1. The first kappa shape index (κ1) is 18.9. The van der Waals surface area contributed by atoms with Gasteiger partial charge in [0.1, 0.15) is 11.5 Å². The van der Waals surface area contributed by atoms with Crippen LogP contribution in [0.25, 0.3) is 17.1 Å². The van der Waals surface area contributed by atoms with Gasteiger partial charge in [-0.1, -0.05) is 47.2 Å². The maximum Gasteiger partial charge on any atom is 0.294 e. The van der Waals surface area contributed by atoms with E-state index >= 15 is 0 Å². The highest BCUT2D eigenvalue weighted by molar-refractivity contribution is 5.98. The number of hydrogen-bond acceptors (Lipinski definition) is 8. The summed E-state index contributed by atoms with van der Waals surface area (Å²) in [5, 5.41) is 19.1. The van der Waals surface area contributed by atoms with Crippen LogP contribution in [-0.2, 0) is 0 Å². The molecule has 4 rings (SSSR count). The van der Waals surface area contributed by atoms with Gasteiger partial charge in [0.2, 0.25) is 11.6 Å². The molecule has 0 saturated heterocycles. The van der Waals surface area contributed by atoms with Crippen molar-refractivity contribution in [2.45, 2.75) is 6.92 Å². The summed E-state index contributed by atoms with van der Waals surface area (Å²) < 4.78 is 18.9. The Kier molecular flexibility index (Phi) is 4.99. The molecule has 2 heterocycles. The molecule has 30 heavy (non-hydrogen) atoms. The molecule has 2 aromatic heterocycles. The Morgan fingerprint density at radius 1 is 1.17 bits per heavy atom. The van der Waals surface area contributed by atoms with Crippen molar-refractivity contribution >= 4 is 17.9 Å². The molecule has 2 aromatic carbocycles. The van der Waals surface area contributed by atoms with Crippen LogP contribution in [0.4, 0.5) is 10.2 Å². The van der Waals surface area contributed by atoms with Gasteiger partial charge < -0.3 is 5.73 Å². The molecule has 0 aliphatic rings. The second kappa shape index (κ2) is 7.91. The Hall–Kier alpha value is -4.41. The monoisotopic (exact) mass is 406 g/mol. The predicted octanol–water partition coefficient (Wildman–Crippen LogP) is 2.11. The van der Waals surface area contributed by atoms with E-state index in [0.29, 0.717) is 16.8 Å². The van der Waals surface area contributed by atoms with Crippen molar-refractivity contribution in [3.63, 3.8) is 0 Å². The molecule has 0 spiro atoms. The number of aromatic nitrogens is 5. The van der Waals surface area contributed by atoms with Crippen LogP contribution in [0.2, 0.25) is 0 Å². The van der Waals surface area contributed by atoms with Gasteiger partial charge in [-0.25, -0.2) is 14.4 Å². The molecule has 4 aromatic rings. The van der Waals surface area contributed by atoms with Crippen LogP contribution in [0.3, 0.4) is 0 Å². The van der Waals surface area contributed by atoms with E-state index in [0.717, 1.165) is 5.56 Å². The standard InChI is InChI=1S/C19H15FN8O2/c1-11-2-6-13(7-3-11)16-15(23-27-28(16)18-17(21)25-30-26-18)19(29)24-22-10-12-4-8-14(20)9-5-12/h2-10H,1H3,(H2,21,25)(H,24,29). The van der Waals surface area contributed by atoms with Gasteiger partial charge in [0.05, 0.1) is 6.21 Å². The van der Waals surface area contributed by atoms with Crippen molar-refractivity contribution in [3.05, 3.63) is 71.2 Å². The number of benzene rings is 2. The van der Waals surface area contributed by atoms with E-state index in [1.165, 1.54) is 35.2 Å². The van der Waals surface area contributed by atoms with Crippen LogP contribution in [0.1, 0.15) is 21.6 Å². The topological polar surface area (TPSA) is 137 Å². The van der Waals surface area contributed by atoms with Crippen LogP contribution < -0.4 is 11.2 Å². The number of hydrazone groups is 1. The number of nitrogens with one attached hydrogen (secondary N) is 1. The molecule has 0 aliphatic carbocycles. The molecule has 11 heteroatoms. The van der Waals surface area contributed by atoms with Crippen LogP contribution in [-0.4, -0.2) is 37.4 Å². The number of amides is 1. The lowest BCUT2D eigenvalue weighted by molar-refractivity contribution is 0.0950. The third-order valence-corrected chi connectivity index (χ3v) is 4.16. The largest absolute Gasteiger partial charge is 0.378 e. The van der Waals surface area contributed by atoms with Crippen molar-refractivity contribution in [2.24, 2.45) is 5.10 Å². The fourth-order valence-electron chi connectivity index (χ4n) is 2.66. The summed E-state index contributed by atoms with van der Waals surface area (Å²) in [5.41, 5.74) is 10.8. The number of nitrogens with zero attached hydrogens (tertiary/aromatic N) is 6. The number of rotatable bonds is 5. The van der Waals surface area contributed by atoms with E-state index in [1.54, 1.807) is 0 Å². The summed E-state index contributed by atoms with van der Waals surface area (Å²) in [4.78, 5) is 12.7. The van der Waals surface area contributed by atoms with Crippen LogP contribution in [0.15, 0.2) is 58.3 Å². The zero-order valence-electron chi connectivity index (χ0n) is 15.7. The number of halogens is 1. The third-order valence-electron chi connectivity index (χ3n) is 4.16. The van der Waals surface area contributed by atoms with Crippen molar-refractivity contribution in [1.82, 2.24) is 30.7 Å². The molecule has 1 amide bonds. The number of aryl methyl sites for hydroxylation is 1. The lowest BCUT2D eigenvalue weighted by Gasteiger charge is -2.06. The van der Waals surface area contributed by atoms with Crippen LogP contribution >= 0.6 is 0 Å². The van der Waals surface area contributed by atoms with Gasteiger partial charge in [-0.05, 0) is 34.9 Å². The molecule has 0 atom stereocenters. The molecule has 0 aliphatic heterocycles. The Bertz CT molecular complexity index is 1210. The lowest BCUT2D eigenvalue weighted by atomic mass is 10.1. The second-order valence-corrected chi connectivity index (χ2v) is 6.29. The average Bonchev–Trinajstić information content (AvgIpc) is 3.36. The van der Waals surface area contributed by atoms with E-state index in [2.05, 4.69) is 35.8 Å². The van der Waals surface area contributed by atoms with Crippen molar-refractivity contribution < 1.29 is 13.8 Å². The first-order valence-electron chi connectivity index (χ1n) is 8.73. The number of nitrogen functional groups attached to an aromatic ring is 1. The highest BCUT2D eigenvalue weighted by Crippen LogP contribution is 2.26. The maximum atomic E-state index is 13.0. The normalized spacial score (nSPS) is 11.1. The van der Waals surface area contributed by atoms with Gasteiger partial charge in [-0.15, -0.1) is 5.10 Å². The number of carbonyl (C=O) groups excluding carboxylic acids is 1. The number of anilines is 1. The van der Waals surface area contributed by atoms with E-state index in [1.807, 2.05) is 31.2 Å². The summed E-state index contributed by atoms with van der Waals surface area (Å²) in [6, 6.07) is 13.0. The Morgan fingerprint density at radius 3 is 2.57 bits per heavy atom. The molecule has 0 unspecified atom stereocenters. The minimum atomic E-state index is -0.606. The quantitative estimate of drug-likeness (QED) is 0.382. The first-order valence-corrected chi connectivity index (χ1v) is 8.73. The predicted molar refractivity (Wildman–Crippen MR) is 105 cm³/mol. The van der Waals surface area contributed by atoms with Gasteiger partial charge in [-0.3, -0.25) is 4.79 Å². The van der Waals surface area contributed by atoms with Crippen molar-refractivity contribution in [3.8, 4) is 17.1 Å². The number of carbonyl (C=O) groups is 1. The van der Waals surface area contributed by atoms with Gasteiger partial charge in [0, 0.05) is 5.56 Å². The fraction of sp³-hybridized carbons (Fsp3) is 0.0526. The van der Waals surface area contributed by atoms with Gasteiger partial charge in [0.15, 0.2) is 5.69 Å². The first-order chi connectivity index (χ1) is 14.5. The van der Waals surface area contributed by atoms with Crippen LogP contribution in [0.5, 0.6) is 0 Å². The van der Waals surface area contributed by atoms with Gasteiger partial charge >= 0.3 is 0 Å². The van der Waals surface area contributed by atoms with Crippen molar-refractivity contribution in [1.29, 1.82) is 0 Å². The summed E-state index contributed by atoms with van der Waals surface area (Å²) in [5.74, 6) is -0.871. The smallest absolute Gasteiger partial charge is 0.294 e. The summed E-state index contributed by atoms with van der Waals surface area (Å²) in [6.07, 6.45) is 1.38. The minimum Gasteiger partial charge on any atom is -0.378 e. The highest BCUT2D eigenvalue weighted by Gasteiger charge is 2.25. The number of nitrogens with two attached hydrogens (primary N) is 1. The average molecular weight is 406 g/mol. The molecular weight excluding hydrogens is 391 g/mol.